The van der Waals surface area contributed by atoms with Gasteiger partial charge >= 0.3 is 0 Å². The summed E-state index contributed by atoms with van der Waals surface area (Å²) in [5, 5.41) is 2.34. The summed E-state index contributed by atoms with van der Waals surface area (Å²) in [6, 6.07) is 98.0. The van der Waals surface area contributed by atoms with Crippen LogP contribution < -0.4 is 9.80 Å². The van der Waals surface area contributed by atoms with Gasteiger partial charge in [0.1, 0.15) is 0 Å². The van der Waals surface area contributed by atoms with Crippen molar-refractivity contribution in [3.63, 3.8) is 0 Å². The minimum atomic E-state index is 0.732. The maximum atomic E-state index is 5.17. The van der Waals surface area contributed by atoms with Crippen molar-refractivity contribution in [2.45, 2.75) is 27.7 Å². The minimum absolute atomic E-state index is 0.732. The van der Waals surface area contributed by atoms with Crippen molar-refractivity contribution in [3.05, 3.63) is 295 Å². The van der Waals surface area contributed by atoms with Gasteiger partial charge < -0.3 is 14.4 Å². The van der Waals surface area contributed by atoms with E-state index in [4.69, 9.17) is 9.97 Å². The molecule has 0 atom stereocenters. The monoisotopic (exact) mass is 1020 g/mol. The molecule has 5 nitrogen and oxygen atoms in total. The van der Waals surface area contributed by atoms with Gasteiger partial charge in [-0.25, -0.2) is 9.97 Å². The number of fused-ring (bicyclic) bond motifs is 3. The molecule has 2 aromatic heterocycles. The van der Waals surface area contributed by atoms with E-state index < -0.39 is 0 Å². The van der Waals surface area contributed by atoms with Gasteiger partial charge in [0.05, 0.1) is 22.4 Å². The van der Waals surface area contributed by atoms with Crippen molar-refractivity contribution in [2.24, 2.45) is 0 Å². The average Bonchev–Trinajstić information content (AvgIpc) is 3.82. The number of benzene rings is 11. The lowest BCUT2D eigenvalue weighted by atomic mass is 9.91. The molecule has 0 fully saturated rings. The third-order valence-electron chi connectivity index (χ3n) is 15.3. The van der Waals surface area contributed by atoms with Gasteiger partial charge in [-0.15, -0.1) is 0 Å². The molecule has 0 unspecified atom stereocenters. The fourth-order valence-electron chi connectivity index (χ4n) is 11.3. The van der Waals surface area contributed by atoms with E-state index in [9.17, 15) is 0 Å². The molecule has 0 saturated carbocycles. The van der Waals surface area contributed by atoms with Gasteiger partial charge in [0.2, 0.25) is 0 Å². The summed E-state index contributed by atoms with van der Waals surface area (Å²) in [5.41, 5.74) is 24.5. The molecule has 0 aliphatic heterocycles. The minimum Gasteiger partial charge on any atom is -0.310 e. The van der Waals surface area contributed by atoms with Crippen LogP contribution in [0.3, 0.4) is 0 Å². The zero-order chi connectivity index (χ0) is 53.4. The molecule has 0 radical (unpaired) electrons. The standard InChI is InChI=1S/C74H57N5/c1-50-21-17-19-31-64(50)71-49-70(75-74(76-71)65-32-20-18-22-51(65)2)56-35-33-54(34-36-56)66-45-53(4)67(46-52(66)3)55-37-39-61(40-38-55)79-72-43-41-62(77(57-23-9-5-10-24-57)58-25-11-6-12-26-58)47-68(72)69-48-63(42-44-73(69)79)78(59-27-13-7-14-28-59)60-29-15-8-16-30-60/h5-49H,1-4H3. The molecular formula is C74H57N5. The maximum Gasteiger partial charge on any atom is 0.160 e. The van der Waals surface area contributed by atoms with Gasteiger partial charge in [-0.05, 0) is 175 Å². The number of nitrogens with zero attached hydrogens (tertiary/aromatic N) is 5. The van der Waals surface area contributed by atoms with Crippen LogP contribution in [0.1, 0.15) is 22.3 Å². The summed E-state index contributed by atoms with van der Waals surface area (Å²) in [5.74, 6) is 0.732. The molecular weight excluding hydrogens is 959 g/mol. The summed E-state index contributed by atoms with van der Waals surface area (Å²) in [4.78, 5) is 15.0. The highest BCUT2D eigenvalue weighted by Crippen LogP contribution is 2.44. The highest BCUT2D eigenvalue weighted by molar-refractivity contribution is 6.12. The highest BCUT2D eigenvalue weighted by atomic mass is 15.1. The van der Waals surface area contributed by atoms with Crippen molar-refractivity contribution in [1.29, 1.82) is 0 Å². The molecule has 0 saturated heterocycles. The molecule has 13 rings (SSSR count). The lowest BCUT2D eigenvalue weighted by Crippen LogP contribution is -2.09. The molecule has 2 heterocycles. The van der Waals surface area contributed by atoms with Crippen LogP contribution in [-0.4, -0.2) is 14.5 Å². The van der Waals surface area contributed by atoms with E-state index in [1.807, 2.05) is 0 Å². The lowest BCUT2D eigenvalue weighted by molar-refractivity contribution is 1.17. The quantitative estimate of drug-likeness (QED) is 0.122. The van der Waals surface area contributed by atoms with Crippen LogP contribution in [0.25, 0.3) is 83.6 Å². The zero-order valence-electron chi connectivity index (χ0n) is 44.7. The second kappa shape index (κ2) is 20.8. The van der Waals surface area contributed by atoms with E-state index in [2.05, 4.69) is 315 Å². The van der Waals surface area contributed by atoms with Gasteiger partial charge in [-0.2, -0.15) is 0 Å². The first-order valence-electron chi connectivity index (χ1n) is 27.1. The molecule has 5 heteroatoms. The van der Waals surface area contributed by atoms with Crippen LogP contribution in [-0.2, 0) is 0 Å². The van der Waals surface area contributed by atoms with Gasteiger partial charge in [-0.1, -0.05) is 170 Å². The van der Waals surface area contributed by atoms with Crippen LogP contribution in [0, 0.1) is 27.7 Å². The summed E-state index contributed by atoms with van der Waals surface area (Å²) in [6.07, 6.45) is 0. The van der Waals surface area contributed by atoms with E-state index in [0.29, 0.717) is 0 Å². The first-order chi connectivity index (χ1) is 38.8. The van der Waals surface area contributed by atoms with Crippen molar-refractivity contribution in [1.82, 2.24) is 14.5 Å². The second-order valence-electron chi connectivity index (χ2n) is 20.4. The van der Waals surface area contributed by atoms with Crippen molar-refractivity contribution in [3.8, 4) is 61.8 Å². The number of anilines is 6. The predicted molar refractivity (Wildman–Crippen MR) is 332 cm³/mol. The lowest BCUT2D eigenvalue weighted by Gasteiger charge is -2.26. The van der Waals surface area contributed by atoms with Gasteiger partial charge in [-0.3, -0.25) is 0 Å². The Labute approximate surface area is 462 Å². The van der Waals surface area contributed by atoms with Gasteiger partial charge in [0.25, 0.3) is 0 Å². The van der Waals surface area contributed by atoms with E-state index in [1.165, 1.54) is 49.7 Å². The fraction of sp³-hybridized carbons (Fsp3) is 0.0541. The van der Waals surface area contributed by atoms with E-state index >= 15 is 0 Å². The number of aryl methyl sites for hydroxylation is 4. The highest BCUT2D eigenvalue weighted by Gasteiger charge is 2.21. The Kier molecular flexibility index (Phi) is 12.8. The van der Waals surface area contributed by atoms with Gasteiger partial charge in [0.15, 0.2) is 5.82 Å². The van der Waals surface area contributed by atoms with Crippen LogP contribution in [0.4, 0.5) is 34.1 Å². The molecule has 79 heavy (non-hydrogen) atoms. The third-order valence-corrected chi connectivity index (χ3v) is 15.3. The molecule has 0 aliphatic carbocycles. The smallest absolute Gasteiger partial charge is 0.160 e. The Morgan fingerprint density at radius 1 is 0.278 bits per heavy atom. The Morgan fingerprint density at radius 2 is 0.658 bits per heavy atom. The summed E-state index contributed by atoms with van der Waals surface area (Å²) < 4.78 is 2.42. The Bertz CT molecular complexity index is 4040. The maximum absolute atomic E-state index is 5.17. The molecule has 0 spiro atoms. The third kappa shape index (κ3) is 9.32. The van der Waals surface area contributed by atoms with Crippen molar-refractivity contribution >= 4 is 55.9 Å². The molecule has 13 aromatic rings. The first-order valence-corrected chi connectivity index (χ1v) is 27.1. The Hall–Kier alpha value is -10.1. The van der Waals surface area contributed by atoms with Crippen LogP contribution >= 0.6 is 0 Å². The summed E-state index contributed by atoms with van der Waals surface area (Å²) in [7, 11) is 0. The van der Waals surface area contributed by atoms with E-state index in [-0.39, 0.29) is 0 Å². The Morgan fingerprint density at radius 3 is 1.10 bits per heavy atom. The summed E-state index contributed by atoms with van der Waals surface area (Å²) >= 11 is 0. The van der Waals surface area contributed by atoms with Crippen molar-refractivity contribution < 1.29 is 0 Å². The van der Waals surface area contributed by atoms with Crippen LogP contribution in [0.5, 0.6) is 0 Å². The average molecular weight is 1020 g/mol. The predicted octanol–water partition coefficient (Wildman–Crippen LogP) is 20.1. The van der Waals surface area contributed by atoms with Crippen LogP contribution in [0.2, 0.25) is 0 Å². The summed E-state index contributed by atoms with van der Waals surface area (Å²) in [6.45, 7) is 8.71. The topological polar surface area (TPSA) is 37.2 Å². The van der Waals surface area contributed by atoms with E-state index in [0.717, 1.165) is 90.3 Å². The number of aromatic nitrogens is 3. The molecule has 0 amide bonds. The largest absolute Gasteiger partial charge is 0.310 e. The first kappa shape index (κ1) is 48.5. The van der Waals surface area contributed by atoms with E-state index in [1.54, 1.807) is 0 Å². The van der Waals surface area contributed by atoms with Crippen molar-refractivity contribution in [2.75, 3.05) is 9.80 Å². The molecule has 0 bridgehead atoms. The number of hydrogen-bond donors (Lipinski definition) is 0. The normalized spacial score (nSPS) is 11.3. The Balaban J connectivity index is 0.866. The SMILES string of the molecule is Cc1cc(-c2ccc(-n3c4ccc(N(c5ccccc5)c5ccccc5)cc4c4cc(N(c5ccccc5)c5ccccc5)ccc43)cc2)c(C)cc1-c1ccc(-c2cc(-c3ccccc3C)nc(-c3ccccc3C)n2)cc1. The number of para-hydroxylation sites is 4. The number of rotatable bonds is 12. The van der Waals surface area contributed by atoms with Gasteiger partial charge in [0, 0.05) is 67.3 Å². The zero-order valence-corrected chi connectivity index (χ0v) is 44.7. The number of hydrogen-bond acceptors (Lipinski definition) is 4. The van der Waals surface area contributed by atoms with Crippen LogP contribution in [0.15, 0.2) is 273 Å². The second-order valence-corrected chi connectivity index (χ2v) is 20.4. The molecule has 378 valence electrons. The fourth-order valence-corrected chi connectivity index (χ4v) is 11.3. The molecule has 0 N–H and O–H groups in total. The molecule has 0 aliphatic rings. The molecule has 11 aromatic carbocycles.